The number of amides is 1. The molecule has 1 aliphatic carbocycles. The first kappa shape index (κ1) is 16.1. The van der Waals surface area contributed by atoms with E-state index in [4.69, 9.17) is 8.83 Å². The van der Waals surface area contributed by atoms with E-state index < -0.39 is 0 Å². The van der Waals surface area contributed by atoms with Gasteiger partial charge in [0.25, 0.3) is 11.1 Å². The number of nitrogens with one attached hydrogen (secondary N) is 1. The van der Waals surface area contributed by atoms with Crippen LogP contribution in [0.2, 0.25) is 0 Å². The second-order valence-electron chi connectivity index (χ2n) is 5.86. The van der Waals surface area contributed by atoms with Crippen molar-refractivity contribution in [1.82, 2.24) is 15.5 Å². The smallest absolute Gasteiger partial charge is 0.277 e. The number of hydrogen-bond acceptors (Lipinski definition) is 6. The van der Waals surface area contributed by atoms with E-state index in [1.165, 1.54) is 43.9 Å². The average molecular weight is 335 g/mol. The Kier molecular flexibility index (Phi) is 5.38. The summed E-state index contributed by atoms with van der Waals surface area (Å²) in [4.78, 5) is 11.9. The summed E-state index contributed by atoms with van der Waals surface area (Å²) in [6.45, 7) is 2.62. The lowest BCUT2D eigenvalue weighted by molar-refractivity contribution is -0.118. The van der Waals surface area contributed by atoms with Crippen molar-refractivity contribution in [3.05, 3.63) is 18.1 Å². The largest absolute Gasteiger partial charge is 0.469 e. The van der Waals surface area contributed by atoms with Gasteiger partial charge in [-0.25, -0.2) is 0 Å². The lowest BCUT2D eigenvalue weighted by Gasteiger charge is -2.21. The lowest BCUT2D eigenvalue weighted by Crippen LogP contribution is -2.31. The van der Waals surface area contributed by atoms with Crippen LogP contribution in [0.25, 0.3) is 11.5 Å². The zero-order chi connectivity index (χ0) is 16.1. The van der Waals surface area contributed by atoms with Crippen molar-refractivity contribution in [3.63, 3.8) is 0 Å². The van der Waals surface area contributed by atoms with E-state index in [1.807, 2.05) is 6.92 Å². The van der Waals surface area contributed by atoms with Crippen LogP contribution < -0.4 is 5.32 Å². The molecule has 2 aromatic heterocycles. The number of thioether (sulfide) groups is 1. The van der Waals surface area contributed by atoms with Gasteiger partial charge >= 0.3 is 0 Å². The standard InChI is InChI=1S/C16H21N3O3S/c1-11-13(7-8-21-11)15-18-19-16(22-15)23-10-14(20)17-9-12-5-3-2-4-6-12/h7-8,12H,2-6,9-10H2,1H3,(H,17,20). The number of nitrogens with zero attached hydrogens (tertiary/aromatic N) is 2. The summed E-state index contributed by atoms with van der Waals surface area (Å²) in [6, 6.07) is 1.79. The summed E-state index contributed by atoms with van der Waals surface area (Å²) in [5.74, 6) is 2.09. The zero-order valence-corrected chi connectivity index (χ0v) is 14.0. The normalized spacial score (nSPS) is 15.7. The monoisotopic (exact) mass is 335 g/mol. The van der Waals surface area contributed by atoms with Gasteiger partial charge in [-0.2, -0.15) is 0 Å². The molecule has 2 heterocycles. The Morgan fingerprint density at radius 3 is 2.91 bits per heavy atom. The molecule has 0 spiro atoms. The fourth-order valence-electron chi connectivity index (χ4n) is 2.81. The predicted octanol–water partition coefficient (Wildman–Crippen LogP) is 3.43. The second kappa shape index (κ2) is 7.68. The summed E-state index contributed by atoms with van der Waals surface area (Å²) in [7, 11) is 0. The van der Waals surface area contributed by atoms with Gasteiger partial charge in [0, 0.05) is 6.54 Å². The molecule has 1 amide bonds. The highest BCUT2D eigenvalue weighted by Gasteiger charge is 2.16. The molecule has 1 saturated carbocycles. The molecular weight excluding hydrogens is 314 g/mol. The van der Waals surface area contributed by atoms with Crippen molar-refractivity contribution in [3.8, 4) is 11.5 Å². The van der Waals surface area contributed by atoms with Gasteiger partial charge in [-0.1, -0.05) is 31.0 Å². The van der Waals surface area contributed by atoms with Gasteiger partial charge in [0.2, 0.25) is 5.91 Å². The van der Waals surface area contributed by atoms with Crippen molar-refractivity contribution < 1.29 is 13.6 Å². The summed E-state index contributed by atoms with van der Waals surface area (Å²) in [6.07, 6.45) is 7.94. The Hall–Kier alpha value is -1.76. The van der Waals surface area contributed by atoms with Crippen LogP contribution in [0.1, 0.15) is 37.9 Å². The van der Waals surface area contributed by atoms with E-state index >= 15 is 0 Å². The summed E-state index contributed by atoms with van der Waals surface area (Å²) in [5.41, 5.74) is 0.783. The number of carbonyl (C=O) groups is 1. The van der Waals surface area contributed by atoms with Crippen LogP contribution in [0.15, 0.2) is 26.4 Å². The van der Waals surface area contributed by atoms with Gasteiger partial charge in [-0.15, -0.1) is 10.2 Å². The first-order chi connectivity index (χ1) is 11.2. The molecule has 0 aromatic carbocycles. The van der Waals surface area contributed by atoms with Crippen molar-refractivity contribution in [1.29, 1.82) is 0 Å². The molecule has 7 heteroatoms. The minimum atomic E-state index is 0.0137. The third kappa shape index (κ3) is 4.37. The van der Waals surface area contributed by atoms with Gasteiger partial charge in [-0.3, -0.25) is 4.79 Å². The molecule has 0 atom stereocenters. The third-order valence-electron chi connectivity index (χ3n) is 4.14. The molecule has 0 radical (unpaired) electrons. The quantitative estimate of drug-likeness (QED) is 0.815. The molecule has 3 rings (SSSR count). The number of rotatable bonds is 6. The number of hydrogen-bond donors (Lipinski definition) is 1. The molecule has 1 N–H and O–H groups in total. The van der Waals surface area contributed by atoms with Crippen LogP contribution in [-0.2, 0) is 4.79 Å². The maximum atomic E-state index is 11.9. The Bertz CT molecular complexity index is 647. The van der Waals surface area contributed by atoms with Gasteiger partial charge in [0.15, 0.2) is 0 Å². The molecule has 124 valence electrons. The molecule has 1 fully saturated rings. The molecule has 2 aromatic rings. The highest BCUT2D eigenvalue weighted by molar-refractivity contribution is 7.99. The third-order valence-corrected chi connectivity index (χ3v) is 4.95. The fraction of sp³-hybridized carbons (Fsp3) is 0.562. The van der Waals surface area contributed by atoms with Crippen molar-refractivity contribution in [2.45, 2.75) is 44.3 Å². The van der Waals surface area contributed by atoms with Crippen LogP contribution in [-0.4, -0.2) is 28.4 Å². The van der Waals surface area contributed by atoms with E-state index in [1.54, 1.807) is 12.3 Å². The molecular formula is C16H21N3O3S. The van der Waals surface area contributed by atoms with Crippen LogP contribution in [0.5, 0.6) is 0 Å². The van der Waals surface area contributed by atoms with E-state index in [0.29, 0.717) is 22.8 Å². The van der Waals surface area contributed by atoms with Crippen LogP contribution in [0.4, 0.5) is 0 Å². The van der Waals surface area contributed by atoms with Crippen molar-refractivity contribution in [2.75, 3.05) is 12.3 Å². The van der Waals surface area contributed by atoms with Crippen molar-refractivity contribution >= 4 is 17.7 Å². The zero-order valence-electron chi connectivity index (χ0n) is 13.2. The van der Waals surface area contributed by atoms with E-state index in [0.717, 1.165) is 17.9 Å². The number of aromatic nitrogens is 2. The maximum absolute atomic E-state index is 11.9. The molecule has 0 bridgehead atoms. The van der Waals surface area contributed by atoms with Gasteiger partial charge in [-0.05, 0) is 31.7 Å². The topological polar surface area (TPSA) is 81.2 Å². The Balaban J connectivity index is 1.44. The Morgan fingerprint density at radius 1 is 1.35 bits per heavy atom. The second-order valence-corrected chi connectivity index (χ2v) is 6.79. The first-order valence-electron chi connectivity index (χ1n) is 8.00. The SMILES string of the molecule is Cc1occc1-c1nnc(SCC(=O)NCC2CCCCC2)o1. The number of furan rings is 1. The van der Waals surface area contributed by atoms with Crippen LogP contribution >= 0.6 is 11.8 Å². The Morgan fingerprint density at radius 2 is 2.17 bits per heavy atom. The highest BCUT2D eigenvalue weighted by Crippen LogP contribution is 2.26. The maximum Gasteiger partial charge on any atom is 0.277 e. The Labute approximate surface area is 139 Å². The number of aryl methyl sites for hydroxylation is 1. The van der Waals surface area contributed by atoms with E-state index in [-0.39, 0.29) is 5.91 Å². The minimum absolute atomic E-state index is 0.0137. The molecule has 6 nitrogen and oxygen atoms in total. The number of carbonyl (C=O) groups excluding carboxylic acids is 1. The van der Waals surface area contributed by atoms with E-state index in [9.17, 15) is 4.79 Å². The lowest BCUT2D eigenvalue weighted by atomic mass is 9.89. The fourth-order valence-corrected chi connectivity index (χ4v) is 3.40. The predicted molar refractivity (Wildman–Crippen MR) is 87.0 cm³/mol. The molecule has 1 aliphatic rings. The first-order valence-corrected chi connectivity index (χ1v) is 8.98. The molecule has 23 heavy (non-hydrogen) atoms. The van der Waals surface area contributed by atoms with Crippen LogP contribution in [0.3, 0.4) is 0 Å². The van der Waals surface area contributed by atoms with Crippen LogP contribution in [0, 0.1) is 12.8 Å². The average Bonchev–Trinajstić information content (AvgIpc) is 3.20. The van der Waals surface area contributed by atoms with E-state index in [2.05, 4.69) is 15.5 Å². The van der Waals surface area contributed by atoms with Gasteiger partial charge < -0.3 is 14.2 Å². The minimum Gasteiger partial charge on any atom is -0.469 e. The molecule has 0 saturated heterocycles. The highest BCUT2D eigenvalue weighted by atomic mass is 32.2. The summed E-state index contributed by atoms with van der Waals surface area (Å²) >= 11 is 1.26. The van der Waals surface area contributed by atoms with Crippen molar-refractivity contribution in [2.24, 2.45) is 5.92 Å². The molecule has 0 unspecified atom stereocenters. The summed E-state index contributed by atoms with van der Waals surface area (Å²) < 4.78 is 10.8. The van der Waals surface area contributed by atoms with Gasteiger partial charge in [0.05, 0.1) is 17.6 Å². The molecule has 0 aliphatic heterocycles. The van der Waals surface area contributed by atoms with Gasteiger partial charge in [0.1, 0.15) is 5.76 Å². The summed E-state index contributed by atoms with van der Waals surface area (Å²) in [5, 5.41) is 11.3.